The zero-order valence-electron chi connectivity index (χ0n) is 6.11. The quantitative estimate of drug-likeness (QED) is 0.320. The highest BCUT2D eigenvalue weighted by Gasteiger charge is 2.00. The SMILES string of the molecule is COC(=N)NC(=O)NCCCl. The third kappa shape index (κ3) is 5.47. The predicted molar refractivity (Wildman–Crippen MR) is 42.0 cm³/mol. The molecule has 3 N–H and O–H groups in total. The van der Waals surface area contributed by atoms with E-state index in [-0.39, 0.29) is 6.02 Å². The Hall–Kier alpha value is -0.970. The van der Waals surface area contributed by atoms with E-state index in [1.807, 2.05) is 0 Å². The number of hydrogen-bond donors (Lipinski definition) is 3. The summed E-state index contributed by atoms with van der Waals surface area (Å²) in [6.07, 6.45) is 0. The zero-order valence-corrected chi connectivity index (χ0v) is 6.86. The summed E-state index contributed by atoms with van der Waals surface area (Å²) < 4.78 is 4.38. The van der Waals surface area contributed by atoms with Crippen molar-refractivity contribution < 1.29 is 9.53 Å². The second-order valence-corrected chi connectivity index (χ2v) is 1.98. The van der Waals surface area contributed by atoms with Gasteiger partial charge < -0.3 is 10.1 Å². The first-order valence-corrected chi connectivity index (χ1v) is 3.47. The summed E-state index contributed by atoms with van der Waals surface area (Å²) >= 11 is 5.29. The number of ether oxygens (including phenoxy) is 1. The molecular weight excluding hydrogens is 170 g/mol. The highest BCUT2D eigenvalue weighted by molar-refractivity contribution is 6.18. The first-order chi connectivity index (χ1) is 5.20. The van der Waals surface area contributed by atoms with Crippen molar-refractivity contribution >= 4 is 23.7 Å². The lowest BCUT2D eigenvalue weighted by Crippen LogP contribution is -2.40. The molecule has 5 nitrogen and oxygen atoms in total. The topological polar surface area (TPSA) is 74.2 Å². The maximum absolute atomic E-state index is 10.7. The molecule has 0 fully saturated rings. The lowest BCUT2D eigenvalue weighted by atomic mass is 10.7. The summed E-state index contributed by atoms with van der Waals surface area (Å²) in [4.78, 5) is 10.7. The highest BCUT2D eigenvalue weighted by atomic mass is 35.5. The van der Waals surface area contributed by atoms with E-state index in [9.17, 15) is 4.79 Å². The Morgan fingerprint density at radius 1 is 1.73 bits per heavy atom. The molecule has 64 valence electrons. The fourth-order valence-corrected chi connectivity index (χ4v) is 0.454. The molecule has 0 aromatic carbocycles. The van der Waals surface area contributed by atoms with Crippen molar-refractivity contribution in [1.82, 2.24) is 10.6 Å². The maximum Gasteiger partial charge on any atom is 0.322 e. The van der Waals surface area contributed by atoms with E-state index in [2.05, 4.69) is 15.4 Å². The van der Waals surface area contributed by atoms with Gasteiger partial charge in [0.25, 0.3) is 6.02 Å². The van der Waals surface area contributed by atoms with Crippen LogP contribution in [-0.2, 0) is 4.74 Å². The van der Waals surface area contributed by atoms with Crippen LogP contribution in [-0.4, -0.2) is 31.6 Å². The molecular formula is C5H10ClN3O2. The zero-order chi connectivity index (χ0) is 8.69. The smallest absolute Gasteiger partial charge is 0.322 e. The Morgan fingerprint density at radius 2 is 2.36 bits per heavy atom. The molecule has 0 spiro atoms. The van der Waals surface area contributed by atoms with Crippen LogP contribution < -0.4 is 10.6 Å². The Kier molecular flexibility index (Phi) is 5.28. The van der Waals surface area contributed by atoms with E-state index in [0.717, 1.165) is 0 Å². The third-order valence-corrected chi connectivity index (χ3v) is 1.00. The summed E-state index contributed by atoms with van der Waals surface area (Å²) in [7, 11) is 1.30. The standard InChI is InChI=1S/C5H10ClN3O2/c1-11-4(7)9-5(10)8-3-2-6/h2-3H2,1H3,(H3,7,8,9,10). The van der Waals surface area contributed by atoms with Crippen molar-refractivity contribution in [1.29, 1.82) is 5.41 Å². The fraction of sp³-hybridized carbons (Fsp3) is 0.600. The number of nitrogens with one attached hydrogen (secondary N) is 3. The Morgan fingerprint density at radius 3 is 2.82 bits per heavy atom. The molecule has 0 unspecified atom stereocenters. The van der Waals surface area contributed by atoms with Crippen molar-refractivity contribution in [3.05, 3.63) is 0 Å². The number of alkyl halides is 1. The number of carbonyl (C=O) groups excluding carboxylic acids is 1. The molecule has 0 rings (SSSR count). The van der Waals surface area contributed by atoms with E-state index in [1.165, 1.54) is 7.11 Å². The van der Waals surface area contributed by atoms with Crippen LogP contribution in [0, 0.1) is 5.41 Å². The van der Waals surface area contributed by atoms with Crippen LogP contribution in [0.15, 0.2) is 0 Å². The van der Waals surface area contributed by atoms with Gasteiger partial charge in [-0.25, -0.2) is 4.79 Å². The van der Waals surface area contributed by atoms with E-state index in [1.54, 1.807) is 0 Å². The number of hydrogen-bond acceptors (Lipinski definition) is 3. The Bertz CT molecular complexity index is 151. The molecule has 0 heterocycles. The lowest BCUT2D eigenvalue weighted by molar-refractivity contribution is 0.242. The molecule has 0 atom stereocenters. The Balaban J connectivity index is 3.44. The average molecular weight is 180 g/mol. The predicted octanol–water partition coefficient (Wildman–Crippen LogP) is 0.106. The molecule has 0 saturated heterocycles. The number of urea groups is 1. The van der Waals surface area contributed by atoms with E-state index >= 15 is 0 Å². The van der Waals surface area contributed by atoms with E-state index < -0.39 is 6.03 Å². The molecule has 0 aliphatic rings. The number of carbonyl (C=O) groups is 1. The number of amides is 2. The van der Waals surface area contributed by atoms with Crippen LogP contribution in [0.2, 0.25) is 0 Å². The van der Waals surface area contributed by atoms with Gasteiger partial charge in [-0.3, -0.25) is 10.7 Å². The van der Waals surface area contributed by atoms with Gasteiger partial charge in [0, 0.05) is 12.4 Å². The molecule has 0 radical (unpaired) electrons. The first kappa shape index (κ1) is 10.0. The normalized spacial score (nSPS) is 8.55. The summed E-state index contributed by atoms with van der Waals surface area (Å²) in [6.45, 7) is 0.365. The molecule has 0 aromatic rings. The molecule has 6 heteroatoms. The number of rotatable bonds is 2. The van der Waals surface area contributed by atoms with Crippen molar-refractivity contribution in [2.75, 3.05) is 19.5 Å². The van der Waals surface area contributed by atoms with Crippen LogP contribution in [0.5, 0.6) is 0 Å². The number of halogens is 1. The van der Waals surface area contributed by atoms with Gasteiger partial charge in [0.05, 0.1) is 7.11 Å². The second kappa shape index (κ2) is 5.79. The highest BCUT2D eigenvalue weighted by Crippen LogP contribution is 1.72. The Labute approximate surface area is 69.6 Å². The number of amidine groups is 1. The van der Waals surface area contributed by atoms with Gasteiger partial charge in [-0.05, 0) is 0 Å². The molecule has 2 amide bonds. The van der Waals surface area contributed by atoms with Gasteiger partial charge in [-0.2, -0.15) is 0 Å². The summed E-state index contributed by atoms with van der Waals surface area (Å²) in [6, 6.07) is -0.783. The third-order valence-electron chi connectivity index (χ3n) is 0.811. The van der Waals surface area contributed by atoms with Gasteiger partial charge in [0.1, 0.15) is 0 Å². The first-order valence-electron chi connectivity index (χ1n) is 2.94. The largest absolute Gasteiger partial charge is 0.468 e. The number of methoxy groups -OCH3 is 1. The summed E-state index contributed by atoms with van der Waals surface area (Å²) in [5, 5.41) is 11.4. The van der Waals surface area contributed by atoms with Crippen molar-refractivity contribution in [3.8, 4) is 0 Å². The monoisotopic (exact) mass is 179 g/mol. The molecule has 0 aliphatic carbocycles. The van der Waals surface area contributed by atoms with E-state index in [4.69, 9.17) is 17.0 Å². The van der Waals surface area contributed by atoms with Gasteiger partial charge in [-0.1, -0.05) is 0 Å². The summed E-state index contributed by atoms with van der Waals surface area (Å²) in [5.74, 6) is 0.341. The van der Waals surface area contributed by atoms with Crippen molar-refractivity contribution in [2.45, 2.75) is 0 Å². The van der Waals surface area contributed by atoms with Gasteiger partial charge in [0.2, 0.25) is 0 Å². The average Bonchev–Trinajstić information content (AvgIpc) is 2.00. The minimum Gasteiger partial charge on any atom is -0.468 e. The van der Waals surface area contributed by atoms with Gasteiger partial charge >= 0.3 is 6.03 Å². The molecule has 0 bridgehead atoms. The fourth-order valence-electron chi connectivity index (χ4n) is 0.359. The van der Waals surface area contributed by atoms with Gasteiger partial charge in [0.15, 0.2) is 0 Å². The van der Waals surface area contributed by atoms with Crippen LogP contribution in [0.1, 0.15) is 0 Å². The molecule has 0 saturated carbocycles. The summed E-state index contributed by atoms with van der Waals surface area (Å²) in [5.41, 5.74) is 0. The van der Waals surface area contributed by atoms with Crippen LogP contribution in [0.3, 0.4) is 0 Å². The molecule has 11 heavy (non-hydrogen) atoms. The van der Waals surface area contributed by atoms with Gasteiger partial charge in [-0.15, -0.1) is 11.6 Å². The minimum absolute atomic E-state index is 0.294. The minimum atomic E-state index is -0.488. The maximum atomic E-state index is 10.7. The van der Waals surface area contributed by atoms with E-state index in [0.29, 0.717) is 12.4 Å². The van der Waals surface area contributed by atoms with Crippen molar-refractivity contribution in [2.24, 2.45) is 0 Å². The molecule has 0 aromatic heterocycles. The van der Waals surface area contributed by atoms with Crippen molar-refractivity contribution in [3.63, 3.8) is 0 Å². The lowest BCUT2D eigenvalue weighted by Gasteiger charge is -2.04. The van der Waals surface area contributed by atoms with Crippen LogP contribution >= 0.6 is 11.6 Å². The second-order valence-electron chi connectivity index (χ2n) is 1.60. The van der Waals surface area contributed by atoms with Crippen LogP contribution in [0.25, 0.3) is 0 Å². The molecule has 0 aliphatic heterocycles. The van der Waals surface area contributed by atoms with Crippen LogP contribution in [0.4, 0.5) is 4.79 Å².